The molecule has 1 unspecified atom stereocenters. The summed E-state index contributed by atoms with van der Waals surface area (Å²) in [7, 11) is 0. The summed E-state index contributed by atoms with van der Waals surface area (Å²) in [5.74, 6) is -1.61. The summed E-state index contributed by atoms with van der Waals surface area (Å²) < 4.78 is 67.5. The first-order valence-corrected chi connectivity index (χ1v) is 11.6. The van der Waals surface area contributed by atoms with Gasteiger partial charge in [-0.15, -0.1) is 0 Å². The number of unbranched alkanes of at least 4 members (excludes halogenated alkanes) is 2. The molecule has 2 nitrogen and oxygen atoms in total. The predicted octanol–water partition coefficient (Wildman–Crippen LogP) is 7.79. The summed E-state index contributed by atoms with van der Waals surface area (Å²) in [6.07, 6.45) is 7.89. The molecule has 0 radical (unpaired) electrons. The molecule has 0 spiro atoms. The molecule has 1 aromatic carbocycles. The van der Waals surface area contributed by atoms with Gasteiger partial charge in [-0.3, -0.25) is 0 Å². The number of rotatable bonds is 9. The average molecular weight is 443 g/mol. The Kier molecular flexibility index (Phi) is 8.43. The maximum absolute atomic E-state index is 14.5. The van der Waals surface area contributed by atoms with E-state index < -0.39 is 23.3 Å². The van der Waals surface area contributed by atoms with Crippen molar-refractivity contribution in [2.75, 3.05) is 6.61 Å². The Labute approximate surface area is 183 Å². The Balaban J connectivity index is 1.49. The molecule has 1 saturated carbocycles. The van der Waals surface area contributed by atoms with E-state index in [0.29, 0.717) is 30.8 Å². The van der Waals surface area contributed by atoms with Crippen LogP contribution in [-0.4, -0.2) is 12.7 Å². The lowest BCUT2D eigenvalue weighted by Gasteiger charge is -2.35. The number of hydrogen-bond acceptors (Lipinski definition) is 2. The highest BCUT2D eigenvalue weighted by Crippen LogP contribution is 2.41. The predicted molar refractivity (Wildman–Crippen MR) is 113 cm³/mol. The van der Waals surface area contributed by atoms with Gasteiger partial charge in [0.05, 0.1) is 11.9 Å². The van der Waals surface area contributed by atoms with Crippen molar-refractivity contribution in [2.45, 2.75) is 90.3 Å². The van der Waals surface area contributed by atoms with Crippen molar-refractivity contribution in [3.8, 4) is 0 Å². The van der Waals surface area contributed by atoms with Crippen molar-refractivity contribution in [3.05, 3.63) is 46.7 Å². The van der Waals surface area contributed by atoms with Gasteiger partial charge in [0, 0.05) is 13.0 Å². The second kappa shape index (κ2) is 10.8. The fraction of sp³-hybridized carbons (Fsp3) is 0.680. The largest absolute Gasteiger partial charge is 0.434 e. The fourth-order valence-electron chi connectivity index (χ4n) is 4.77. The van der Waals surface area contributed by atoms with Crippen molar-refractivity contribution in [1.82, 2.24) is 0 Å². The maximum atomic E-state index is 14.5. The van der Waals surface area contributed by atoms with E-state index in [9.17, 15) is 17.6 Å². The highest BCUT2D eigenvalue weighted by atomic mass is 19.3. The molecule has 1 fully saturated rings. The smallest absolute Gasteiger partial charge is 0.429 e. The van der Waals surface area contributed by atoms with Gasteiger partial charge in [-0.2, -0.15) is 8.78 Å². The molecule has 1 atom stereocenters. The van der Waals surface area contributed by atoms with Crippen LogP contribution in [0.2, 0.25) is 0 Å². The van der Waals surface area contributed by atoms with Crippen molar-refractivity contribution in [1.29, 1.82) is 0 Å². The number of ether oxygens (including phenoxy) is 2. The molecular weight excluding hydrogens is 408 g/mol. The standard InChI is InChI=1S/C25H34F4O2/c1-3-4-5-16-30-20-11-7-18(8-12-20)19-9-13-21(14-10-19)31-25(28,29)22-15-6-17(2)23(26)24(22)27/h6,13,15,18-20H,3-5,7-12,14,16H2,1-2H3. The Bertz CT molecular complexity index is 754. The summed E-state index contributed by atoms with van der Waals surface area (Å²) >= 11 is 0. The number of aryl methyl sites for hydroxylation is 1. The zero-order valence-corrected chi connectivity index (χ0v) is 18.6. The van der Waals surface area contributed by atoms with Gasteiger partial charge in [-0.05, 0) is 81.4 Å². The lowest BCUT2D eigenvalue weighted by Crippen LogP contribution is -2.28. The molecule has 2 aliphatic rings. The third kappa shape index (κ3) is 6.24. The number of alkyl halides is 2. The van der Waals surface area contributed by atoms with Crippen LogP contribution in [-0.2, 0) is 15.6 Å². The van der Waals surface area contributed by atoms with E-state index in [1.165, 1.54) is 19.8 Å². The van der Waals surface area contributed by atoms with E-state index in [1.54, 1.807) is 6.08 Å². The number of halogens is 4. The van der Waals surface area contributed by atoms with Crippen LogP contribution in [0.5, 0.6) is 0 Å². The van der Waals surface area contributed by atoms with Crippen LogP contribution in [0.15, 0.2) is 24.0 Å². The number of hydrogen-bond donors (Lipinski definition) is 0. The minimum absolute atomic E-state index is 0.0159. The van der Waals surface area contributed by atoms with Crippen molar-refractivity contribution < 1.29 is 27.0 Å². The quantitative estimate of drug-likeness (QED) is 0.287. The van der Waals surface area contributed by atoms with Gasteiger partial charge in [-0.25, -0.2) is 8.78 Å². The second-order valence-electron chi connectivity index (χ2n) is 9.00. The van der Waals surface area contributed by atoms with Gasteiger partial charge in [-0.1, -0.05) is 25.8 Å². The van der Waals surface area contributed by atoms with Gasteiger partial charge in [0.15, 0.2) is 11.6 Å². The monoisotopic (exact) mass is 442 g/mol. The van der Waals surface area contributed by atoms with Gasteiger partial charge in [0.2, 0.25) is 0 Å². The summed E-state index contributed by atoms with van der Waals surface area (Å²) in [6, 6.07) is 2.03. The molecule has 3 rings (SSSR count). The average Bonchev–Trinajstić information content (AvgIpc) is 2.76. The van der Waals surface area contributed by atoms with Crippen molar-refractivity contribution in [2.24, 2.45) is 11.8 Å². The first kappa shape index (κ1) is 24.1. The summed E-state index contributed by atoms with van der Waals surface area (Å²) in [6.45, 7) is 4.36. The lowest BCUT2D eigenvalue weighted by atomic mass is 9.74. The minimum atomic E-state index is -3.90. The van der Waals surface area contributed by atoms with Gasteiger partial charge >= 0.3 is 6.11 Å². The van der Waals surface area contributed by atoms with Crippen molar-refractivity contribution >= 4 is 0 Å². The zero-order chi connectivity index (χ0) is 22.4. The molecule has 174 valence electrons. The van der Waals surface area contributed by atoms with E-state index >= 15 is 0 Å². The topological polar surface area (TPSA) is 18.5 Å². The molecule has 0 bridgehead atoms. The molecule has 6 heteroatoms. The third-order valence-corrected chi connectivity index (χ3v) is 6.74. The Morgan fingerprint density at radius 2 is 1.71 bits per heavy atom. The highest BCUT2D eigenvalue weighted by Gasteiger charge is 2.40. The van der Waals surface area contributed by atoms with Crippen molar-refractivity contribution in [3.63, 3.8) is 0 Å². The third-order valence-electron chi connectivity index (χ3n) is 6.74. The zero-order valence-electron chi connectivity index (χ0n) is 18.6. The Morgan fingerprint density at radius 1 is 0.968 bits per heavy atom. The number of benzene rings is 1. The molecule has 0 amide bonds. The Hall–Kier alpha value is -1.56. The molecule has 0 aromatic heterocycles. The first-order valence-electron chi connectivity index (χ1n) is 11.6. The minimum Gasteiger partial charge on any atom is -0.434 e. The van der Waals surface area contributed by atoms with Gasteiger partial charge < -0.3 is 9.47 Å². The van der Waals surface area contributed by atoms with E-state index in [2.05, 4.69) is 6.92 Å². The van der Waals surface area contributed by atoms with Crippen LogP contribution in [0.1, 0.15) is 82.3 Å². The molecule has 0 N–H and O–H groups in total. The second-order valence-corrected chi connectivity index (χ2v) is 9.00. The van der Waals surface area contributed by atoms with Gasteiger partial charge in [0.25, 0.3) is 0 Å². The van der Waals surface area contributed by atoms with E-state index in [0.717, 1.165) is 57.3 Å². The lowest BCUT2D eigenvalue weighted by molar-refractivity contribution is -0.228. The molecule has 0 heterocycles. The summed E-state index contributed by atoms with van der Waals surface area (Å²) in [4.78, 5) is 0. The van der Waals surface area contributed by atoms with Gasteiger partial charge in [0.1, 0.15) is 5.56 Å². The molecule has 31 heavy (non-hydrogen) atoms. The summed E-state index contributed by atoms with van der Waals surface area (Å²) in [5, 5.41) is 0. The van der Waals surface area contributed by atoms with E-state index in [4.69, 9.17) is 9.47 Å². The first-order chi connectivity index (χ1) is 14.8. The normalized spacial score (nSPS) is 24.7. The maximum Gasteiger partial charge on any atom is 0.429 e. The SMILES string of the molecule is CCCCCOC1CCC(C2CC=C(OC(F)(F)c3ccc(C)c(F)c3F)CC2)CC1. The molecular formula is C25H34F4O2. The summed E-state index contributed by atoms with van der Waals surface area (Å²) in [5.41, 5.74) is -1.08. The van der Waals surface area contributed by atoms with Crippen LogP contribution < -0.4 is 0 Å². The van der Waals surface area contributed by atoms with E-state index in [1.807, 2.05) is 0 Å². The molecule has 0 aliphatic heterocycles. The van der Waals surface area contributed by atoms with Crippen LogP contribution in [0, 0.1) is 30.4 Å². The number of allylic oxidation sites excluding steroid dienone is 2. The van der Waals surface area contributed by atoms with Crippen LogP contribution in [0.3, 0.4) is 0 Å². The molecule has 2 aliphatic carbocycles. The van der Waals surface area contributed by atoms with E-state index in [-0.39, 0.29) is 11.3 Å². The fourth-order valence-corrected chi connectivity index (χ4v) is 4.77. The highest BCUT2D eigenvalue weighted by molar-refractivity contribution is 5.28. The van der Waals surface area contributed by atoms with Crippen LogP contribution in [0.4, 0.5) is 17.6 Å². The van der Waals surface area contributed by atoms with Crippen LogP contribution in [0.25, 0.3) is 0 Å². The molecule has 1 aromatic rings. The van der Waals surface area contributed by atoms with Crippen LogP contribution >= 0.6 is 0 Å². The molecule has 0 saturated heterocycles. The Morgan fingerprint density at radius 3 is 2.35 bits per heavy atom.